The number of imidazole rings is 1. The van der Waals surface area contributed by atoms with Crippen LogP contribution in [0.4, 0.5) is 0 Å². The minimum absolute atomic E-state index is 0.881. The number of aromatic nitrogens is 3. The largest absolute Gasteiger partial charge is 0.319 e. The van der Waals surface area contributed by atoms with Crippen molar-refractivity contribution in [2.24, 2.45) is 0 Å². The summed E-state index contributed by atoms with van der Waals surface area (Å²) in [5.41, 5.74) is 3.95. The zero-order valence-electron chi connectivity index (χ0n) is 11.2. The Kier molecular flexibility index (Phi) is 3.80. The third-order valence-electron chi connectivity index (χ3n) is 3.15. The Morgan fingerprint density at radius 1 is 1.20 bits per heavy atom. The van der Waals surface area contributed by atoms with Gasteiger partial charge in [0.15, 0.2) is 5.65 Å². The van der Waals surface area contributed by atoms with Crippen LogP contribution in [0.25, 0.3) is 16.9 Å². The molecule has 102 valence electrons. The molecule has 0 aliphatic rings. The number of likely N-dealkylation sites (N-methyl/N-ethyl adjacent to an activating group) is 1. The zero-order chi connectivity index (χ0) is 13.9. The number of nitrogens with one attached hydrogen (secondary N) is 1. The van der Waals surface area contributed by atoms with Crippen molar-refractivity contribution >= 4 is 21.6 Å². The van der Waals surface area contributed by atoms with Crippen molar-refractivity contribution < 1.29 is 0 Å². The molecular weight excluding hydrogens is 316 g/mol. The predicted octanol–water partition coefficient (Wildman–Crippen LogP) is 2.92. The minimum Gasteiger partial charge on any atom is -0.319 e. The molecule has 0 fully saturated rings. The van der Waals surface area contributed by atoms with Gasteiger partial charge in [-0.15, -0.1) is 0 Å². The van der Waals surface area contributed by atoms with Gasteiger partial charge in [0.2, 0.25) is 0 Å². The van der Waals surface area contributed by atoms with Crippen LogP contribution in [0.15, 0.2) is 47.1 Å². The Morgan fingerprint density at radius 3 is 2.85 bits per heavy atom. The number of rotatable bonds is 4. The van der Waals surface area contributed by atoms with Crippen LogP contribution < -0.4 is 5.32 Å². The third-order valence-corrected chi connectivity index (χ3v) is 3.84. The van der Waals surface area contributed by atoms with E-state index in [0.29, 0.717) is 0 Å². The lowest BCUT2D eigenvalue weighted by Crippen LogP contribution is -2.10. The van der Waals surface area contributed by atoms with Gasteiger partial charge in [-0.05, 0) is 25.2 Å². The first-order chi connectivity index (χ1) is 9.78. The maximum atomic E-state index is 4.64. The van der Waals surface area contributed by atoms with Gasteiger partial charge in [-0.3, -0.25) is 0 Å². The van der Waals surface area contributed by atoms with E-state index in [9.17, 15) is 0 Å². The fourth-order valence-electron chi connectivity index (χ4n) is 2.12. The van der Waals surface area contributed by atoms with Crippen molar-refractivity contribution in [3.63, 3.8) is 0 Å². The van der Waals surface area contributed by atoms with E-state index in [-0.39, 0.29) is 0 Å². The Labute approximate surface area is 126 Å². The predicted molar refractivity (Wildman–Crippen MR) is 83.8 cm³/mol. The highest BCUT2D eigenvalue weighted by Crippen LogP contribution is 2.26. The van der Waals surface area contributed by atoms with Crippen LogP contribution in [0.3, 0.4) is 0 Å². The molecule has 0 amide bonds. The molecule has 5 heteroatoms. The van der Waals surface area contributed by atoms with Crippen molar-refractivity contribution in [2.75, 3.05) is 13.6 Å². The molecule has 0 atom stereocenters. The van der Waals surface area contributed by atoms with E-state index < -0.39 is 0 Å². The molecule has 2 aromatic heterocycles. The minimum atomic E-state index is 0.881. The molecule has 0 saturated heterocycles. The van der Waals surface area contributed by atoms with Crippen molar-refractivity contribution in [1.29, 1.82) is 0 Å². The topological polar surface area (TPSA) is 42.2 Å². The maximum Gasteiger partial charge on any atom is 0.153 e. The second-order valence-electron chi connectivity index (χ2n) is 4.59. The summed E-state index contributed by atoms with van der Waals surface area (Å²) in [4.78, 5) is 4.56. The first kappa shape index (κ1) is 13.3. The Hall–Kier alpha value is -1.72. The van der Waals surface area contributed by atoms with E-state index in [1.54, 1.807) is 0 Å². The highest BCUT2D eigenvalue weighted by molar-refractivity contribution is 9.10. The normalized spacial score (nSPS) is 11.1. The summed E-state index contributed by atoms with van der Waals surface area (Å²) in [6.45, 7) is 0.918. The van der Waals surface area contributed by atoms with E-state index in [0.717, 1.165) is 40.0 Å². The molecule has 3 rings (SSSR count). The van der Waals surface area contributed by atoms with Crippen LogP contribution in [0.1, 0.15) is 5.69 Å². The number of nitrogens with zero attached hydrogens (tertiary/aromatic N) is 3. The van der Waals surface area contributed by atoms with E-state index in [1.165, 1.54) is 0 Å². The van der Waals surface area contributed by atoms with Crippen molar-refractivity contribution in [2.45, 2.75) is 6.42 Å². The van der Waals surface area contributed by atoms with E-state index >= 15 is 0 Å². The summed E-state index contributed by atoms with van der Waals surface area (Å²) < 4.78 is 2.89. The highest BCUT2D eigenvalue weighted by Gasteiger charge is 2.07. The molecule has 0 aliphatic carbocycles. The quantitative estimate of drug-likeness (QED) is 0.799. The number of hydrogen-bond acceptors (Lipinski definition) is 3. The van der Waals surface area contributed by atoms with Crippen molar-refractivity contribution in [3.8, 4) is 11.3 Å². The average molecular weight is 331 g/mol. The molecule has 0 aliphatic heterocycles. The van der Waals surface area contributed by atoms with Crippen LogP contribution in [0.2, 0.25) is 0 Å². The summed E-state index contributed by atoms with van der Waals surface area (Å²) in [5, 5.41) is 7.77. The number of benzene rings is 1. The lowest BCUT2D eigenvalue weighted by atomic mass is 10.1. The maximum absolute atomic E-state index is 4.64. The first-order valence-electron chi connectivity index (χ1n) is 6.53. The van der Waals surface area contributed by atoms with Gasteiger partial charge in [0, 0.05) is 23.0 Å². The SMILES string of the molecule is CNCCc1cn2nc(-c3ccccc3Br)ccc2n1. The van der Waals surface area contributed by atoms with Gasteiger partial charge in [0.25, 0.3) is 0 Å². The fourth-order valence-corrected chi connectivity index (χ4v) is 2.61. The van der Waals surface area contributed by atoms with Gasteiger partial charge in [-0.1, -0.05) is 34.1 Å². The molecule has 0 bridgehead atoms. The van der Waals surface area contributed by atoms with Crippen LogP contribution in [0, 0.1) is 0 Å². The van der Waals surface area contributed by atoms with Crippen molar-refractivity contribution in [3.05, 3.63) is 52.8 Å². The second-order valence-corrected chi connectivity index (χ2v) is 5.44. The van der Waals surface area contributed by atoms with Crippen LogP contribution in [0.5, 0.6) is 0 Å². The standard InChI is InChI=1S/C15H15BrN4/c1-17-9-8-11-10-20-15(18-11)7-6-14(19-20)12-4-2-3-5-13(12)16/h2-7,10,17H,8-9H2,1H3. The lowest BCUT2D eigenvalue weighted by Gasteiger charge is -2.03. The van der Waals surface area contributed by atoms with Gasteiger partial charge < -0.3 is 5.32 Å². The molecule has 2 heterocycles. The number of fused-ring (bicyclic) bond motifs is 1. The van der Waals surface area contributed by atoms with Gasteiger partial charge in [-0.25, -0.2) is 9.50 Å². The summed E-state index contributed by atoms with van der Waals surface area (Å²) in [7, 11) is 1.94. The number of hydrogen-bond donors (Lipinski definition) is 1. The highest BCUT2D eigenvalue weighted by atomic mass is 79.9. The molecule has 0 radical (unpaired) electrons. The van der Waals surface area contributed by atoms with Gasteiger partial charge in [0.05, 0.1) is 17.6 Å². The molecule has 1 aromatic carbocycles. The van der Waals surface area contributed by atoms with Gasteiger partial charge in [0.1, 0.15) is 0 Å². The molecule has 0 spiro atoms. The van der Waals surface area contributed by atoms with Crippen LogP contribution >= 0.6 is 15.9 Å². The first-order valence-corrected chi connectivity index (χ1v) is 7.32. The fraction of sp³-hybridized carbons (Fsp3) is 0.200. The molecule has 1 N–H and O–H groups in total. The van der Waals surface area contributed by atoms with Gasteiger partial charge >= 0.3 is 0 Å². The zero-order valence-corrected chi connectivity index (χ0v) is 12.8. The number of halogens is 1. The molecule has 4 nitrogen and oxygen atoms in total. The second kappa shape index (κ2) is 5.73. The monoisotopic (exact) mass is 330 g/mol. The smallest absolute Gasteiger partial charge is 0.153 e. The van der Waals surface area contributed by atoms with Gasteiger partial charge in [-0.2, -0.15) is 5.10 Å². The molecule has 0 saturated carbocycles. The lowest BCUT2D eigenvalue weighted by molar-refractivity contribution is 0.779. The summed E-state index contributed by atoms with van der Waals surface area (Å²) in [5.74, 6) is 0. The summed E-state index contributed by atoms with van der Waals surface area (Å²) in [6.07, 6.45) is 2.90. The van der Waals surface area contributed by atoms with Crippen molar-refractivity contribution in [1.82, 2.24) is 19.9 Å². The molecule has 20 heavy (non-hydrogen) atoms. The Bertz CT molecular complexity index is 736. The molecule has 0 unspecified atom stereocenters. The van der Waals surface area contributed by atoms with E-state index in [4.69, 9.17) is 0 Å². The summed E-state index contributed by atoms with van der Waals surface area (Å²) >= 11 is 3.56. The molecular formula is C15H15BrN4. The van der Waals surface area contributed by atoms with E-state index in [1.807, 2.05) is 48.1 Å². The Balaban J connectivity index is 2.00. The van der Waals surface area contributed by atoms with Crippen LogP contribution in [-0.4, -0.2) is 28.2 Å². The Morgan fingerprint density at radius 2 is 2.05 bits per heavy atom. The van der Waals surface area contributed by atoms with Crippen LogP contribution in [-0.2, 0) is 6.42 Å². The molecule has 3 aromatic rings. The van der Waals surface area contributed by atoms with E-state index in [2.05, 4.69) is 37.4 Å². The third kappa shape index (κ3) is 2.59. The summed E-state index contributed by atoms with van der Waals surface area (Å²) in [6, 6.07) is 12.1. The average Bonchev–Trinajstić information content (AvgIpc) is 2.87.